The summed E-state index contributed by atoms with van der Waals surface area (Å²) in [4.78, 5) is 20.8. The number of nitrogens with two attached hydrogens (primary N) is 1. The molecule has 5 nitrogen and oxygen atoms in total. The number of para-hydroxylation sites is 1. The van der Waals surface area contributed by atoms with Crippen molar-refractivity contribution in [3.05, 3.63) is 90.3 Å². The maximum atomic E-state index is 12.2. The average Bonchev–Trinajstić information content (AvgIpc) is 2.73. The molecule has 5 heteroatoms. The number of carbonyl (C=O) groups is 1. The Morgan fingerprint density at radius 1 is 0.821 bits per heavy atom. The molecular formula is C23H19N3O2. The summed E-state index contributed by atoms with van der Waals surface area (Å²) in [5.74, 6) is 0.444. The Labute approximate surface area is 162 Å². The first-order chi connectivity index (χ1) is 13.7. The van der Waals surface area contributed by atoms with Gasteiger partial charge in [0.2, 0.25) is 0 Å². The fourth-order valence-corrected chi connectivity index (χ4v) is 3.02. The second kappa shape index (κ2) is 7.88. The van der Waals surface area contributed by atoms with Crippen molar-refractivity contribution in [3.63, 3.8) is 0 Å². The fraction of sp³-hybridized carbons (Fsp3) is 0.0870. The molecule has 0 radical (unpaired) electrons. The van der Waals surface area contributed by atoms with Gasteiger partial charge in [0, 0.05) is 5.39 Å². The van der Waals surface area contributed by atoms with Crippen LogP contribution in [0.25, 0.3) is 22.0 Å². The highest BCUT2D eigenvalue weighted by Gasteiger charge is 2.09. The molecule has 4 rings (SSSR count). The summed E-state index contributed by atoms with van der Waals surface area (Å²) in [7, 11) is 0. The third-order valence-electron chi connectivity index (χ3n) is 4.45. The Morgan fingerprint density at radius 3 is 2.29 bits per heavy atom. The molecule has 4 aromatic rings. The second-order valence-electron chi connectivity index (χ2n) is 6.44. The SMILES string of the molecule is Nc1nc(COC(=O)Cc2ccc(-c3ccccc3)cc2)nc2ccccc12. The zero-order valence-corrected chi connectivity index (χ0v) is 15.2. The number of nitrogens with zero attached hydrogens (tertiary/aromatic N) is 2. The number of fused-ring (bicyclic) bond motifs is 1. The third kappa shape index (κ3) is 3.99. The molecule has 0 aliphatic rings. The van der Waals surface area contributed by atoms with Crippen LogP contribution in [0.2, 0.25) is 0 Å². The van der Waals surface area contributed by atoms with Crippen molar-refractivity contribution in [1.82, 2.24) is 9.97 Å². The molecule has 28 heavy (non-hydrogen) atoms. The largest absolute Gasteiger partial charge is 0.457 e. The number of anilines is 1. The summed E-state index contributed by atoms with van der Waals surface area (Å²) in [6.45, 7) is -0.00400. The summed E-state index contributed by atoms with van der Waals surface area (Å²) < 4.78 is 5.33. The van der Waals surface area contributed by atoms with E-state index in [-0.39, 0.29) is 19.0 Å². The van der Waals surface area contributed by atoms with E-state index in [0.29, 0.717) is 11.6 Å². The van der Waals surface area contributed by atoms with Gasteiger partial charge < -0.3 is 10.5 Å². The zero-order chi connectivity index (χ0) is 19.3. The lowest BCUT2D eigenvalue weighted by Crippen LogP contribution is -2.10. The second-order valence-corrected chi connectivity index (χ2v) is 6.44. The molecule has 3 aromatic carbocycles. The van der Waals surface area contributed by atoms with E-state index < -0.39 is 0 Å². The Bertz CT molecular complexity index is 1110. The fourth-order valence-electron chi connectivity index (χ4n) is 3.02. The Balaban J connectivity index is 1.38. The predicted octanol–water partition coefficient (Wildman–Crippen LogP) is 4.16. The molecule has 0 spiro atoms. The smallest absolute Gasteiger partial charge is 0.310 e. The Morgan fingerprint density at radius 2 is 1.50 bits per heavy atom. The standard InChI is InChI=1S/C23H19N3O2/c24-23-19-8-4-5-9-20(19)25-21(26-23)15-28-22(27)14-16-10-12-18(13-11-16)17-6-2-1-3-7-17/h1-13H,14-15H2,(H2,24,25,26). The monoisotopic (exact) mass is 369 g/mol. The third-order valence-corrected chi connectivity index (χ3v) is 4.45. The van der Waals surface area contributed by atoms with Crippen molar-refractivity contribution in [1.29, 1.82) is 0 Å². The molecule has 0 aliphatic carbocycles. The van der Waals surface area contributed by atoms with Crippen LogP contribution in [-0.4, -0.2) is 15.9 Å². The van der Waals surface area contributed by atoms with Crippen LogP contribution in [0.4, 0.5) is 5.82 Å². The molecule has 0 saturated heterocycles. The van der Waals surface area contributed by atoms with Crippen LogP contribution in [0.15, 0.2) is 78.9 Å². The summed E-state index contributed by atoms with van der Waals surface area (Å²) in [6, 6.07) is 25.5. The number of benzene rings is 3. The van der Waals surface area contributed by atoms with Gasteiger partial charge in [-0.1, -0.05) is 66.7 Å². The number of nitrogen functional groups attached to an aromatic ring is 1. The zero-order valence-electron chi connectivity index (χ0n) is 15.2. The van der Waals surface area contributed by atoms with Gasteiger partial charge in [0.15, 0.2) is 12.4 Å². The quantitative estimate of drug-likeness (QED) is 0.534. The van der Waals surface area contributed by atoms with Crippen molar-refractivity contribution < 1.29 is 9.53 Å². The highest BCUT2D eigenvalue weighted by atomic mass is 16.5. The van der Waals surface area contributed by atoms with Crippen LogP contribution in [0.1, 0.15) is 11.4 Å². The first-order valence-corrected chi connectivity index (χ1v) is 9.00. The average molecular weight is 369 g/mol. The van der Waals surface area contributed by atoms with Gasteiger partial charge in [-0.05, 0) is 28.8 Å². The molecule has 0 aliphatic heterocycles. The van der Waals surface area contributed by atoms with Gasteiger partial charge in [0.1, 0.15) is 5.82 Å². The van der Waals surface area contributed by atoms with E-state index >= 15 is 0 Å². The van der Waals surface area contributed by atoms with E-state index in [1.165, 1.54) is 0 Å². The number of hydrogen-bond acceptors (Lipinski definition) is 5. The van der Waals surface area contributed by atoms with E-state index in [4.69, 9.17) is 10.5 Å². The predicted molar refractivity (Wildman–Crippen MR) is 109 cm³/mol. The number of aromatic nitrogens is 2. The Kier molecular flexibility index (Phi) is 4.97. The molecule has 0 atom stereocenters. The van der Waals surface area contributed by atoms with Gasteiger partial charge in [-0.3, -0.25) is 4.79 Å². The molecule has 0 unspecified atom stereocenters. The van der Waals surface area contributed by atoms with Gasteiger partial charge in [0.05, 0.1) is 11.9 Å². The molecular weight excluding hydrogens is 350 g/mol. The number of rotatable bonds is 5. The highest BCUT2D eigenvalue weighted by Crippen LogP contribution is 2.20. The summed E-state index contributed by atoms with van der Waals surface area (Å²) >= 11 is 0. The van der Waals surface area contributed by atoms with E-state index in [1.54, 1.807) is 0 Å². The molecule has 1 heterocycles. The van der Waals surface area contributed by atoms with Crippen molar-refractivity contribution in [3.8, 4) is 11.1 Å². The minimum absolute atomic E-state index is 0.00400. The number of ether oxygens (including phenoxy) is 1. The maximum absolute atomic E-state index is 12.2. The van der Waals surface area contributed by atoms with Crippen LogP contribution >= 0.6 is 0 Å². The topological polar surface area (TPSA) is 78.1 Å². The summed E-state index contributed by atoms with van der Waals surface area (Å²) in [6.07, 6.45) is 0.193. The van der Waals surface area contributed by atoms with Gasteiger partial charge in [0.25, 0.3) is 0 Å². The minimum atomic E-state index is -0.331. The summed E-state index contributed by atoms with van der Waals surface area (Å²) in [5, 5.41) is 0.788. The van der Waals surface area contributed by atoms with Crippen LogP contribution in [0.5, 0.6) is 0 Å². The van der Waals surface area contributed by atoms with E-state index in [9.17, 15) is 4.79 Å². The number of hydrogen-bond donors (Lipinski definition) is 1. The summed E-state index contributed by atoms with van der Waals surface area (Å²) in [5.41, 5.74) is 9.83. The molecule has 138 valence electrons. The van der Waals surface area contributed by atoms with E-state index in [0.717, 1.165) is 27.6 Å². The van der Waals surface area contributed by atoms with Crippen LogP contribution in [0.3, 0.4) is 0 Å². The number of carbonyl (C=O) groups excluding carboxylic acids is 1. The van der Waals surface area contributed by atoms with Gasteiger partial charge in [-0.15, -0.1) is 0 Å². The molecule has 0 amide bonds. The minimum Gasteiger partial charge on any atom is -0.457 e. The first-order valence-electron chi connectivity index (χ1n) is 9.00. The van der Waals surface area contributed by atoms with Crippen LogP contribution in [-0.2, 0) is 22.6 Å². The van der Waals surface area contributed by atoms with Gasteiger partial charge >= 0.3 is 5.97 Å². The van der Waals surface area contributed by atoms with E-state index in [1.807, 2.05) is 66.7 Å². The van der Waals surface area contributed by atoms with E-state index in [2.05, 4.69) is 22.1 Å². The normalized spacial score (nSPS) is 10.7. The maximum Gasteiger partial charge on any atom is 0.310 e. The number of esters is 1. The lowest BCUT2D eigenvalue weighted by molar-refractivity contribution is -0.144. The lowest BCUT2D eigenvalue weighted by atomic mass is 10.0. The van der Waals surface area contributed by atoms with Crippen molar-refractivity contribution in [2.24, 2.45) is 0 Å². The Hall–Kier alpha value is -3.73. The molecule has 0 saturated carbocycles. The van der Waals surface area contributed by atoms with Crippen molar-refractivity contribution >= 4 is 22.7 Å². The molecule has 0 bridgehead atoms. The molecule has 0 fully saturated rings. The van der Waals surface area contributed by atoms with Crippen LogP contribution in [0, 0.1) is 0 Å². The highest BCUT2D eigenvalue weighted by molar-refractivity contribution is 5.87. The first kappa shape index (κ1) is 17.7. The van der Waals surface area contributed by atoms with Gasteiger partial charge in [-0.2, -0.15) is 0 Å². The van der Waals surface area contributed by atoms with Crippen molar-refractivity contribution in [2.75, 3.05) is 5.73 Å². The lowest BCUT2D eigenvalue weighted by Gasteiger charge is -2.07. The molecule has 2 N–H and O–H groups in total. The van der Waals surface area contributed by atoms with Crippen LogP contribution < -0.4 is 5.73 Å². The molecule has 1 aromatic heterocycles. The van der Waals surface area contributed by atoms with Crippen molar-refractivity contribution in [2.45, 2.75) is 13.0 Å². The van der Waals surface area contributed by atoms with Gasteiger partial charge in [-0.25, -0.2) is 9.97 Å².